The first-order valence-corrected chi connectivity index (χ1v) is 7.84. The molecule has 5 nitrogen and oxygen atoms in total. The Labute approximate surface area is 146 Å². The number of esters is 1. The van der Waals surface area contributed by atoms with Crippen molar-refractivity contribution in [3.63, 3.8) is 0 Å². The minimum absolute atomic E-state index is 0.222. The third kappa shape index (κ3) is 3.26. The van der Waals surface area contributed by atoms with E-state index in [9.17, 15) is 4.79 Å². The second-order valence-corrected chi connectivity index (χ2v) is 5.72. The van der Waals surface area contributed by atoms with Crippen LogP contribution in [-0.2, 0) is 9.53 Å². The summed E-state index contributed by atoms with van der Waals surface area (Å²) in [5, 5.41) is 0. The number of aliphatic imine (C=N–C) groups is 1. The van der Waals surface area contributed by atoms with Crippen LogP contribution in [0.4, 0.5) is 0 Å². The molecule has 1 aliphatic rings. The van der Waals surface area contributed by atoms with E-state index in [1.54, 1.807) is 26.4 Å². The van der Waals surface area contributed by atoms with Gasteiger partial charge in [0.2, 0.25) is 5.90 Å². The summed E-state index contributed by atoms with van der Waals surface area (Å²) in [7, 11) is 3.12. The maximum atomic E-state index is 12.2. The monoisotopic (exact) mass is 337 g/mol. The molecule has 0 unspecified atom stereocenters. The molecule has 0 aromatic heterocycles. The van der Waals surface area contributed by atoms with Crippen molar-refractivity contribution in [2.45, 2.75) is 13.8 Å². The Hall–Kier alpha value is -3.08. The van der Waals surface area contributed by atoms with Crippen LogP contribution in [0.1, 0.15) is 22.3 Å². The molecule has 128 valence electrons. The van der Waals surface area contributed by atoms with Crippen molar-refractivity contribution in [2.75, 3.05) is 14.2 Å². The van der Waals surface area contributed by atoms with E-state index in [-0.39, 0.29) is 5.70 Å². The number of aryl methyl sites for hydroxylation is 2. The number of cyclic esters (lactones) is 1. The second kappa shape index (κ2) is 6.81. The summed E-state index contributed by atoms with van der Waals surface area (Å²) in [6.45, 7) is 4.04. The quantitative estimate of drug-likeness (QED) is 0.631. The Bertz CT molecular complexity index is 897. The van der Waals surface area contributed by atoms with Gasteiger partial charge in [-0.3, -0.25) is 0 Å². The van der Waals surface area contributed by atoms with Crippen molar-refractivity contribution in [2.24, 2.45) is 4.99 Å². The van der Waals surface area contributed by atoms with E-state index in [4.69, 9.17) is 14.2 Å². The minimum atomic E-state index is -0.488. The van der Waals surface area contributed by atoms with Crippen molar-refractivity contribution < 1.29 is 19.0 Å². The predicted molar refractivity (Wildman–Crippen MR) is 96.1 cm³/mol. The van der Waals surface area contributed by atoms with Crippen LogP contribution in [0.5, 0.6) is 11.5 Å². The van der Waals surface area contributed by atoms with Gasteiger partial charge >= 0.3 is 5.97 Å². The van der Waals surface area contributed by atoms with Gasteiger partial charge < -0.3 is 14.2 Å². The van der Waals surface area contributed by atoms with E-state index in [2.05, 4.69) is 4.99 Å². The van der Waals surface area contributed by atoms with Crippen LogP contribution in [0.3, 0.4) is 0 Å². The number of carbonyl (C=O) groups excluding carboxylic acids is 1. The molecule has 3 rings (SSSR count). The molecule has 25 heavy (non-hydrogen) atoms. The number of carbonyl (C=O) groups is 1. The Morgan fingerprint density at radius 1 is 1.04 bits per heavy atom. The molecule has 0 N–H and O–H groups in total. The smallest absolute Gasteiger partial charge is 0.363 e. The van der Waals surface area contributed by atoms with Gasteiger partial charge in [-0.05, 0) is 49.2 Å². The highest BCUT2D eigenvalue weighted by Crippen LogP contribution is 2.33. The summed E-state index contributed by atoms with van der Waals surface area (Å²) in [4.78, 5) is 16.5. The van der Waals surface area contributed by atoms with Gasteiger partial charge in [0.25, 0.3) is 0 Å². The number of para-hydroxylation sites is 1. The van der Waals surface area contributed by atoms with E-state index in [0.29, 0.717) is 23.0 Å². The number of ether oxygens (including phenoxy) is 3. The molecule has 0 bridgehead atoms. The fourth-order valence-electron chi connectivity index (χ4n) is 2.58. The van der Waals surface area contributed by atoms with Gasteiger partial charge in [0.05, 0.1) is 14.2 Å². The van der Waals surface area contributed by atoms with Crippen LogP contribution in [0.2, 0.25) is 0 Å². The van der Waals surface area contributed by atoms with Crippen molar-refractivity contribution in [1.82, 2.24) is 0 Å². The van der Waals surface area contributed by atoms with Crippen LogP contribution < -0.4 is 9.47 Å². The zero-order chi connectivity index (χ0) is 18.0. The maximum Gasteiger partial charge on any atom is 0.363 e. The number of hydrogen-bond donors (Lipinski definition) is 0. The SMILES string of the molecule is COc1cccc(/C=C2/N=C(c3ccc(C)c(C)c3)OC2=O)c1OC. The van der Waals surface area contributed by atoms with Crippen molar-refractivity contribution in [1.29, 1.82) is 0 Å². The Morgan fingerprint density at radius 3 is 2.52 bits per heavy atom. The molecule has 1 aliphatic heterocycles. The van der Waals surface area contributed by atoms with Gasteiger partial charge in [0.15, 0.2) is 17.2 Å². The molecule has 5 heteroatoms. The molecule has 0 amide bonds. The average Bonchev–Trinajstić information content (AvgIpc) is 2.97. The largest absolute Gasteiger partial charge is 0.493 e. The van der Waals surface area contributed by atoms with Crippen LogP contribution in [0, 0.1) is 13.8 Å². The van der Waals surface area contributed by atoms with E-state index in [1.807, 2.05) is 44.2 Å². The summed E-state index contributed by atoms with van der Waals surface area (Å²) in [6.07, 6.45) is 1.64. The molecular formula is C20H19NO4. The molecule has 2 aromatic carbocycles. The molecule has 0 atom stereocenters. The third-order valence-electron chi connectivity index (χ3n) is 4.10. The number of nitrogens with zero attached hydrogens (tertiary/aromatic N) is 1. The third-order valence-corrected chi connectivity index (χ3v) is 4.10. The van der Waals surface area contributed by atoms with Gasteiger partial charge in [-0.1, -0.05) is 18.2 Å². The molecule has 0 saturated heterocycles. The highest BCUT2D eigenvalue weighted by atomic mass is 16.6. The van der Waals surface area contributed by atoms with Crippen LogP contribution >= 0.6 is 0 Å². The Kier molecular flexibility index (Phi) is 4.57. The fourth-order valence-corrected chi connectivity index (χ4v) is 2.58. The highest BCUT2D eigenvalue weighted by molar-refractivity contribution is 6.13. The van der Waals surface area contributed by atoms with Crippen LogP contribution in [-0.4, -0.2) is 26.1 Å². The second-order valence-electron chi connectivity index (χ2n) is 5.72. The molecule has 2 aromatic rings. The minimum Gasteiger partial charge on any atom is -0.493 e. The molecule has 0 radical (unpaired) electrons. The predicted octanol–water partition coefficient (Wildman–Crippen LogP) is 3.67. The number of benzene rings is 2. The molecule has 0 aliphatic carbocycles. The molecular weight excluding hydrogens is 318 g/mol. The first-order chi connectivity index (χ1) is 12.0. The van der Waals surface area contributed by atoms with E-state index < -0.39 is 5.97 Å². The first kappa shape index (κ1) is 16.8. The van der Waals surface area contributed by atoms with E-state index in [0.717, 1.165) is 11.1 Å². The van der Waals surface area contributed by atoms with Gasteiger partial charge in [-0.15, -0.1) is 0 Å². The maximum absolute atomic E-state index is 12.2. The number of rotatable bonds is 4. The summed E-state index contributed by atoms with van der Waals surface area (Å²) in [5.41, 5.74) is 3.98. The molecule has 1 heterocycles. The summed E-state index contributed by atoms with van der Waals surface area (Å²) >= 11 is 0. The highest BCUT2D eigenvalue weighted by Gasteiger charge is 2.25. The van der Waals surface area contributed by atoms with Crippen molar-refractivity contribution in [3.05, 3.63) is 64.3 Å². The van der Waals surface area contributed by atoms with Crippen molar-refractivity contribution >= 4 is 17.9 Å². The lowest BCUT2D eigenvalue weighted by atomic mass is 10.1. The fraction of sp³-hybridized carbons (Fsp3) is 0.200. The lowest BCUT2D eigenvalue weighted by molar-refractivity contribution is -0.129. The summed E-state index contributed by atoms with van der Waals surface area (Å²) in [5.74, 6) is 0.945. The standard InChI is InChI=1S/C20H19NO4/c1-12-8-9-15(10-13(12)2)19-21-16(20(22)25-19)11-14-6-5-7-17(23-3)18(14)24-4/h5-11H,1-4H3/b16-11+. The molecule has 0 saturated carbocycles. The zero-order valence-corrected chi connectivity index (χ0v) is 14.6. The topological polar surface area (TPSA) is 57.1 Å². The van der Waals surface area contributed by atoms with Gasteiger partial charge in [0, 0.05) is 11.1 Å². The molecule has 0 spiro atoms. The zero-order valence-electron chi connectivity index (χ0n) is 14.6. The first-order valence-electron chi connectivity index (χ1n) is 7.84. The summed E-state index contributed by atoms with van der Waals surface area (Å²) < 4.78 is 16.0. The van der Waals surface area contributed by atoms with Crippen molar-refractivity contribution in [3.8, 4) is 11.5 Å². The normalized spacial score (nSPS) is 15.1. The van der Waals surface area contributed by atoms with Gasteiger partial charge in [0.1, 0.15) is 0 Å². The van der Waals surface area contributed by atoms with Crippen LogP contribution in [0.15, 0.2) is 47.1 Å². The number of methoxy groups -OCH3 is 2. The lowest BCUT2D eigenvalue weighted by Crippen LogP contribution is -2.05. The summed E-state index contributed by atoms with van der Waals surface area (Å²) in [6, 6.07) is 11.3. The lowest BCUT2D eigenvalue weighted by Gasteiger charge is -2.09. The Balaban J connectivity index is 2.00. The van der Waals surface area contributed by atoms with Crippen LogP contribution in [0.25, 0.3) is 6.08 Å². The van der Waals surface area contributed by atoms with Gasteiger partial charge in [-0.2, -0.15) is 0 Å². The van der Waals surface area contributed by atoms with E-state index >= 15 is 0 Å². The molecule has 0 fully saturated rings. The van der Waals surface area contributed by atoms with Gasteiger partial charge in [-0.25, -0.2) is 9.79 Å². The average molecular weight is 337 g/mol. The van der Waals surface area contributed by atoms with E-state index in [1.165, 1.54) is 5.56 Å². The number of hydrogen-bond acceptors (Lipinski definition) is 5. The Morgan fingerprint density at radius 2 is 1.84 bits per heavy atom.